The molecule has 0 aromatic heterocycles. The van der Waals surface area contributed by atoms with E-state index in [1.807, 2.05) is 13.8 Å². The van der Waals surface area contributed by atoms with E-state index < -0.39 is 5.97 Å². The van der Waals surface area contributed by atoms with Crippen molar-refractivity contribution in [2.24, 2.45) is 11.8 Å². The first kappa shape index (κ1) is 15.1. The average molecular weight is 284 g/mol. The molecule has 2 rings (SSSR count). The van der Waals surface area contributed by atoms with Gasteiger partial charge in [-0.15, -0.1) is 0 Å². The lowest BCUT2D eigenvalue weighted by Crippen LogP contribution is -2.47. The Morgan fingerprint density at radius 3 is 2.55 bits per heavy atom. The summed E-state index contributed by atoms with van der Waals surface area (Å²) in [6.45, 7) is 5.31. The summed E-state index contributed by atoms with van der Waals surface area (Å²) in [6.07, 6.45) is 1.49. The zero-order valence-electron chi connectivity index (χ0n) is 12.2. The number of aliphatic hydroxyl groups excluding tert-OH is 1. The average Bonchev–Trinajstić information content (AvgIpc) is 2.91. The van der Waals surface area contributed by atoms with Crippen molar-refractivity contribution < 1.29 is 19.8 Å². The Hall–Kier alpha value is -1.30. The summed E-state index contributed by atoms with van der Waals surface area (Å²) < 4.78 is 0. The molecule has 2 N–H and O–H groups in total. The van der Waals surface area contributed by atoms with Crippen LogP contribution in [0.25, 0.3) is 0 Å². The van der Waals surface area contributed by atoms with Crippen LogP contribution >= 0.6 is 0 Å². The molecule has 2 fully saturated rings. The number of rotatable bonds is 4. The van der Waals surface area contributed by atoms with Gasteiger partial charge in [0.15, 0.2) is 0 Å². The summed E-state index contributed by atoms with van der Waals surface area (Å²) in [4.78, 5) is 26.6. The van der Waals surface area contributed by atoms with Crippen LogP contribution in [0.15, 0.2) is 0 Å². The van der Waals surface area contributed by atoms with Crippen molar-refractivity contribution in [2.45, 2.75) is 45.3 Å². The number of aliphatic carboxylic acids is 1. The lowest BCUT2D eigenvalue weighted by molar-refractivity contribution is -0.137. The highest BCUT2D eigenvalue weighted by Crippen LogP contribution is 2.38. The highest BCUT2D eigenvalue weighted by molar-refractivity contribution is 5.76. The van der Waals surface area contributed by atoms with Gasteiger partial charge in [-0.2, -0.15) is 0 Å². The Morgan fingerprint density at radius 1 is 1.30 bits per heavy atom. The molecule has 0 aromatic carbocycles. The number of urea groups is 1. The third-order valence-corrected chi connectivity index (χ3v) is 4.53. The second-order valence-electron chi connectivity index (χ2n) is 6.19. The van der Waals surface area contributed by atoms with Crippen LogP contribution in [0.3, 0.4) is 0 Å². The number of nitrogens with zero attached hydrogens (tertiary/aromatic N) is 2. The molecular formula is C14H24N2O4. The molecule has 0 radical (unpaired) electrons. The van der Waals surface area contributed by atoms with Crippen LogP contribution in [0.2, 0.25) is 0 Å². The molecule has 6 heteroatoms. The van der Waals surface area contributed by atoms with Crippen molar-refractivity contribution in [2.75, 3.05) is 19.6 Å². The first-order valence-electron chi connectivity index (χ1n) is 7.35. The molecule has 1 saturated heterocycles. The van der Waals surface area contributed by atoms with Gasteiger partial charge in [-0.05, 0) is 32.6 Å². The molecule has 1 aliphatic heterocycles. The molecule has 3 atom stereocenters. The molecule has 0 aromatic rings. The number of hydrogen-bond acceptors (Lipinski definition) is 3. The molecule has 114 valence electrons. The number of carboxylic acid groups (broad SMARTS) is 1. The summed E-state index contributed by atoms with van der Waals surface area (Å²) in [7, 11) is 0. The van der Waals surface area contributed by atoms with E-state index in [2.05, 4.69) is 0 Å². The summed E-state index contributed by atoms with van der Waals surface area (Å²) in [5, 5.41) is 18.7. The summed E-state index contributed by atoms with van der Waals surface area (Å²) in [5.41, 5.74) is 0. The van der Waals surface area contributed by atoms with E-state index >= 15 is 0 Å². The van der Waals surface area contributed by atoms with Gasteiger partial charge >= 0.3 is 12.0 Å². The number of likely N-dealkylation sites (tertiary alicyclic amines) is 1. The molecule has 2 aliphatic rings. The molecule has 0 spiro atoms. The number of hydrogen-bond donors (Lipinski definition) is 2. The molecule has 1 heterocycles. The van der Waals surface area contributed by atoms with Crippen molar-refractivity contribution in [3.05, 3.63) is 0 Å². The van der Waals surface area contributed by atoms with Crippen molar-refractivity contribution >= 4 is 12.0 Å². The SMILES string of the molecule is CC(C)N(CCC(=O)O)C(=O)N1CC2CCC(O)C2C1. The lowest BCUT2D eigenvalue weighted by atomic mass is 10.00. The maximum Gasteiger partial charge on any atom is 0.320 e. The van der Waals surface area contributed by atoms with Gasteiger partial charge in [0.2, 0.25) is 0 Å². The number of carbonyl (C=O) groups excluding carboxylic acids is 1. The van der Waals surface area contributed by atoms with E-state index in [-0.39, 0.29) is 37.1 Å². The third-order valence-electron chi connectivity index (χ3n) is 4.53. The maximum absolute atomic E-state index is 12.5. The zero-order chi connectivity index (χ0) is 14.9. The highest BCUT2D eigenvalue weighted by atomic mass is 16.4. The Labute approximate surface area is 119 Å². The minimum absolute atomic E-state index is 0.0211. The van der Waals surface area contributed by atoms with Crippen molar-refractivity contribution in [3.63, 3.8) is 0 Å². The number of amides is 2. The first-order chi connectivity index (χ1) is 9.40. The van der Waals surface area contributed by atoms with E-state index in [1.165, 1.54) is 0 Å². The summed E-state index contributed by atoms with van der Waals surface area (Å²) in [5.74, 6) is -0.285. The van der Waals surface area contributed by atoms with Crippen molar-refractivity contribution in [3.8, 4) is 0 Å². The largest absolute Gasteiger partial charge is 0.481 e. The monoisotopic (exact) mass is 284 g/mol. The topological polar surface area (TPSA) is 81.1 Å². The molecule has 3 unspecified atom stereocenters. The van der Waals surface area contributed by atoms with Crippen LogP contribution in [-0.2, 0) is 4.79 Å². The summed E-state index contributed by atoms with van der Waals surface area (Å²) >= 11 is 0. The molecule has 0 bridgehead atoms. The van der Waals surface area contributed by atoms with Crippen LogP contribution < -0.4 is 0 Å². The van der Waals surface area contributed by atoms with E-state index in [1.54, 1.807) is 9.80 Å². The number of fused-ring (bicyclic) bond motifs is 1. The Morgan fingerprint density at radius 2 is 2.00 bits per heavy atom. The van der Waals surface area contributed by atoms with Gasteiger partial charge in [0.1, 0.15) is 0 Å². The van der Waals surface area contributed by atoms with Gasteiger partial charge in [-0.1, -0.05) is 0 Å². The second kappa shape index (κ2) is 5.99. The lowest BCUT2D eigenvalue weighted by Gasteiger charge is -2.31. The molecule has 6 nitrogen and oxygen atoms in total. The molecule has 2 amide bonds. The fourth-order valence-electron chi connectivity index (χ4n) is 3.37. The maximum atomic E-state index is 12.5. The molecule has 1 aliphatic carbocycles. The number of aliphatic hydroxyl groups is 1. The van der Waals surface area contributed by atoms with Gasteiger partial charge < -0.3 is 20.0 Å². The fraction of sp³-hybridized carbons (Fsp3) is 0.857. The van der Waals surface area contributed by atoms with Crippen molar-refractivity contribution in [1.29, 1.82) is 0 Å². The van der Waals surface area contributed by atoms with Crippen LogP contribution in [0, 0.1) is 11.8 Å². The molecule has 20 heavy (non-hydrogen) atoms. The third kappa shape index (κ3) is 3.06. The Kier molecular flexibility index (Phi) is 4.52. The van der Waals surface area contributed by atoms with Crippen LogP contribution in [0.4, 0.5) is 4.79 Å². The first-order valence-corrected chi connectivity index (χ1v) is 7.35. The van der Waals surface area contributed by atoms with Gasteiger partial charge in [-0.25, -0.2) is 4.79 Å². The fourth-order valence-corrected chi connectivity index (χ4v) is 3.37. The molecular weight excluding hydrogens is 260 g/mol. The second-order valence-corrected chi connectivity index (χ2v) is 6.19. The van der Waals surface area contributed by atoms with E-state index in [4.69, 9.17) is 5.11 Å². The van der Waals surface area contributed by atoms with Gasteiger partial charge in [0.25, 0.3) is 0 Å². The predicted molar refractivity (Wildman–Crippen MR) is 73.3 cm³/mol. The van der Waals surface area contributed by atoms with Gasteiger partial charge in [0, 0.05) is 31.6 Å². The van der Waals surface area contributed by atoms with Crippen LogP contribution in [-0.4, -0.2) is 63.8 Å². The Balaban J connectivity index is 1.96. The quantitative estimate of drug-likeness (QED) is 0.807. The normalized spacial score (nSPS) is 28.8. The summed E-state index contributed by atoms with van der Waals surface area (Å²) in [6, 6.07) is -0.116. The predicted octanol–water partition coefficient (Wildman–Crippen LogP) is 0.994. The highest BCUT2D eigenvalue weighted by Gasteiger charge is 2.44. The number of carbonyl (C=O) groups is 2. The van der Waals surface area contributed by atoms with Crippen LogP contribution in [0.5, 0.6) is 0 Å². The van der Waals surface area contributed by atoms with Gasteiger partial charge in [-0.3, -0.25) is 4.79 Å². The zero-order valence-corrected chi connectivity index (χ0v) is 12.2. The molecule has 1 saturated carbocycles. The minimum atomic E-state index is -0.892. The minimum Gasteiger partial charge on any atom is -0.481 e. The van der Waals surface area contributed by atoms with Crippen molar-refractivity contribution in [1.82, 2.24) is 9.80 Å². The standard InChI is InChI=1S/C14H24N2O4/c1-9(2)16(6-5-13(18)19)14(20)15-7-10-3-4-12(17)11(10)8-15/h9-12,17H,3-8H2,1-2H3,(H,18,19). The van der Waals surface area contributed by atoms with Crippen LogP contribution in [0.1, 0.15) is 33.1 Å². The van der Waals surface area contributed by atoms with Gasteiger partial charge in [0.05, 0.1) is 12.5 Å². The van der Waals surface area contributed by atoms with E-state index in [0.29, 0.717) is 19.0 Å². The van der Waals surface area contributed by atoms with E-state index in [0.717, 1.165) is 12.8 Å². The smallest absolute Gasteiger partial charge is 0.320 e. The van der Waals surface area contributed by atoms with E-state index in [9.17, 15) is 14.7 Å². The Bertz CT molecular complexity index is 385. The number of carboxylic acids is 1.